The monoisotopic (exact) mass is 151 g/mol. The Morgan fingerprint density at radius 3 is 2.73 bits per heavy atom. The van der Waals surface area contributed by atoms with Crippen LogP contribution in [0.25, 0.3) is 0 Å². The first-order valence-electron chi connectivity index (χ1n) is 3.36. The molecule has 3 nitrogen and oxygen atoms in total. The molecule has 0 aliphatic heterocycles. The number of aliphatic hydroxyl groups is 2. The van der Waals surface area contributed by atoms with E-state index in [1.165, 1.54) is 12.2 Å². The van der Waals surface area contributed by atoms with Gasteiger partial charge < -0.3 is 10.2 Å². The van der Waals surface area contributed by atoms with Crippen molar-refractivity contribution in [2.45, 2.75) is 18.6 Å². The number of hydrogen-bond donors (Lipinski definition) is 2. The van der Waals surface area contributed by atoms with Gasteiger partial charge >= 0.3 is 0 Å². The zero-order valence-electron chi connectivity index (χ0n) is 5.94. The molecule has 0 heterocycles. The Bertz CT molecular complexity index is 237. The van der Waals surface area contributed by atoms with Crippen LogP contribution in [0.1, 0.15) is 6.42 Å². The van der Waals surface area contributed by atoms with Crippen molar-refractivity contribution in [1.82, 2.24) is 0 Å². The summed E-state index contributed by atoms with van der Waals surface area (Å²) in [6, 6.07) is 1.96. The van der Waals surface area contributed by atoms with Crippen molar-refractivity contribution in [3.05, 3.63) is 23.8 Å². The minimum Gasteiger partial charge on any atom is -0.386 e. The average molecular weight is 151 g/mol. The molecule has 2 N–H and O–H groups in total. The summed E-state index contributed by atoms with van der Waals surface area (Å²) in [4.78, 5) is 0. The molecule has 0 spiro atoms. The summed E-state index contributed by atoms with van der Waals surface area (Å²) >= 11 is 0. The molecular weight excluding hydrogens is 142 g/mol. The maximum absolute atomic E-state index is 9.09. The fourth-order valence-corrected chi connectivity index (χ4v) is 0.919. The van der Waals surface area contributed by atoms with Crippen molar-refractivity contribution in [2.75, 3.05) is 0 Å². The molecule has 0 aromatic rings. The minimum atomic E-state index is -0.858. The van der Waals surface area contributed by atoms with Crippen LogP contribution in [0.4, 0.5) is 0 Å². The van der Waals surface area contributed by atoms with Crippen LogP contribution in [0.15, 0.2) is 23.8 Å². The lowest BCUT2D eigenvalue weighted by Gasteiger charge is -2.15. The summed E-state index contributed by atoms with van der Waals surface area (Å²) in [5.41, 5.74) is 0.755. The van der Waals surface area contributed by atoms with Crippen LogP contribution in [-0.2, 0) is 0 Å². The predicted octanol–water partition coefficient (Wildman–Crippen LogP) is 0.118. The van der Waals surface area contributed by atoms with Gasteiger partial charge in [-0.3, -0.25) is 0 Å². The van der Waals surface area contributed by atoms with Gasteiger partial charge in [0.15, 0.2) is 0 Å². The third-order valence-corrected chi connectivity index (χ3v) is 1.53. The van der Waals surface area contributed by atoms with Crippen molar-refractivity contribution >= 4 is 0 Å². The molecule has 0 saturated heterocycles. The molecule has 3 heteroatoms. The largest absolute Gasteiger partial charge is 0.386 e. The van der Waals surface area contributed by atoms with Crippen LogP contribution in [0.2, 0.25) is 0 Å². The second kappa shape index (κ2) is 3.33. The summed E-state index contributed by atoms with van der Waals surface area (Å²) in [5, 5.41) is 26.4. The second-order valence-electron chi connectivity index (χ2n) is 2.42. The number of nitrogens with zero attached hydrogens (tertiary/aromatic N) is 1. The van der Waals surface area contributed by atoms with E-state index in [0.29, 0.717) is 0 Å². The highest BCUT2D eigenvalue weighted by atomic mass is 16.3. The van der Waals surface area contributed by atoms with Crippen molar-refractivity contribution in [2.24, 2.45) is 0 Å². The molecule has 0 amide bonds. The lowest BCUT2D eigenvalue weighted by molar-refractivity contribution is 0.0786. The Kier molecular flexibility index (Phi) is 2.42. The lowest BCUT2D eigenvalue weighted by Crippen LogP contribution is -2.23. The van der Waals surface area contributed by atoms with Crippen molar-refractivity contribution < 1.29 is 10.2 Å². The molecule has 0 bridgehead atoms. The molecule has 0 saturated carbocycles. The molecule has 2 atom stereocenters. The smallest absolute Gasteiger partial charge is 0.102 e. The first-order valence-corrected chi connectivity index (χ1v) is 3.36. The van der Waals surface area contributed by atoms with Gasteiger partial charge in [0.05, 0.1) is 12.5 Å². The van der Waals surface area contributed by atoms with Gasteiger partial charge in [0.25, 0.3) is 0 Å². The fourth-order valence-electron chi connectivity index (χ4n) is 0.919. The first-order chi connectivity index (χ1) is 5.24. The molecule has 0 aromatic carbocycles. The SMILES string of the molecule is N#CCC1=C[C@@H](O)[C@@H](O)C=C1. The number of allylic oxidation sites excluding steroid dienone is 2. The Morgan fingerprint density at radius 1 is 1.45 bits per heavy atom. The summed E-state index contributed by atoms with van der Waals surface area (Å²) in [5.74, 6) is 0. The standard InChI is InChI=1S/C8H9NO2/c9-4-3-6-1-2-7(10)8(11)5-6/h1-2,5,7-8,10-11H,3H2/t7-,8+/m0/s1. The van der Waals surface area contributed by atoms with Crippen molar-refractivity contribution in [1.29, 1.82) is 5.26 Å². The zero-order valence-corrected chi connectivity index (χ0v) is 5.94. The molecule has 1 rings (SSSR count). The molecule has 0 fully saturated rings. The van der Waals surface area contributed by atoms with E-state index in [1.807, 2.05) is 6.07 Å². The summed E-state index contributed by atoms with van der Waals surface area (Å²) in [6.45, 7) is 0. The Morgan fingerprint density at radius 2 is 2.18 bits per heavy atom. The lowest BCUT2D eigenvalue weighted by atomic mass is 10.0. The van der Waals surface area contributed by atoms with Gasteiger partial charge in [-0.15, -0.1) is 0 Å². The van der Waals surface area contributed by atoms with Crippen LogP contribution < -0.4 is 0 Å². The van der Waals surface area contributed by atoms with E-state index in [-0.39, 0.29) is 6.42 Å². The Balaban J connectivity index is 2.66. The van der Waals surface area contributed by atoms with E-state index in [0.717, 1.165) is 5.57 Å². The van der Waals surface area contributed by atoms with Gasteiger partial charge in [-0.05, 0) is 11.6 Å². The molecule has 11 heavy (non-hydrogen) atoms. The summed E-state index contributed by atoms with van der Waals surface area (Å²) in [7, 11) is 0. The van der Waals surface area contributed by atoms with Gasteiger partial charge in [-0.1, -0.05) is 12.2 Å². The zero-order chi connectivity index (χ0) is 8.27. The van der Waals surface area contributed by atoms with Crippen LogP contribution in [0, 0.1) is 11.3 Å². The van der Waals surface area contributed by atoms with Crippen LogP contribution >= 0.6 is 0 Å². The quantitative estimate of drug-likeness (QED) is 0.559. The van der Waals surface area contributed by atoms with Gasteiger partial charge in [0, 0.05) is 0 Å². The fraction of sp³-hybridized carbons (Fsp3) is 0.375. The van der Waals surface area contributed by atoms with Crippen molar-refractivity contribution in [3.8, 4) is 6.07 Å². The average Bonchev–Trinajstić information content (AvgIpc) is 1.98. The Hall–Kier alpha value is -1.11. The van der Waals surface area contributed by atoms with E-state index in [2.05, 4.69) is 0 Å². The van der Waals surface area contributed by atoms with Gasteiger partial charge in [0.1, 0.15) is 12.2 Å². The maximum atomic E-state index is 9.09. The van der Waals surface area contributed by atoms with Crippen LogP contribution in [-0.4, -0.2) is 22.4 Å². The molecule has 0 aromatic heterocycles. The van der Waals surface area contributed by atoms with E-state index in [4.69, 9.17) is 15.5 Å². The minimum absolute atomic E-state index is 0.278. The van der Waals surface area contributed by atoms with Crippen LogP contribution in [0.5, 0.6) is 0 Å². The topological polar surface area (TPSA) is 64.2 Å². The highest BCUT2D eigenvalue weighted by Gasteiger charge is 2.14. The predicted molar refractivity (Wildman–Crippen MR) is 39.5 cm³/mol. The molecule has 0 unspecified atom stereocenters. The Labute approximate surface area is 64.9 Å². The van der Waals surface area contributed by atoms with E-state index in [9.17, 15) is 0 Å². The van der Waals surface area contributed by atoms with Crippen LogP contribution in [0.3, 0.4) is 0 Å². The molecule has 1 aliphatic carbocycles. The number of nitriles is 1. The highest BCUT2D eigenvalue weighted by Crippen LogP contribution is 2.13. The normalized spacial score (nSPS) is 29.4. The van der Waals surface area contributed by atoms with Gasteiger partial charge in [0.2, 0.25) is 0 Å². The molecular formula is C8H9NO2. The first kappa shape index (κ1) is 7.99. The number of hydrogen-bond acceptors (Lipinski definition) is 3. The van der Waals surface area contributed by atoms with E-state index >= 15 is 0 Å². The third-order valence-electron chi connectivity index (χ3n) is 1.53. The molecule has 58 valence electrons. The molecule has 0 radical (unpaired) electrons. The maximum Gasteiger partial charge on any atom is 0.102 e. The van der Waals surface area contributed by atoms with E-state index < -0.39 is 12.2 Å². The summed E-state index contributed by atoms with van der Waals surface area (Å²) in [6.07, 6.45) is 3.23. The molecule has 1 aliphatic rings. The number of rotatable bonds is 1. The summed E-state index contributed by atoms with van der Waals surface area (Å²) < 4.78 is 0. The van der Waals surface area contributed by atoms with Crippen molar-refractivity contribution in [3.63, 3.8) is 0 Å². The number of aliphatic hydroxyl groups excluding tert-OH is 2. The van der Waals surface area contributed by atoms with E-state index in [1.54, 1.807) is 6.08 Å². The highest BCUT2D eigenvalue weighted by molar-refractivity contribution is 5.29. The van der Waals surface area contributed by atoms with Gasteiger partial charge in [-0.2, -0.15) is 5.26 Å². The third kappa shape index (κ3) is 1.90. The van der Waals surface area contributed by atoms with Gasteiger partial charge in [-0.25, -0.2) is 0 Å². The second-order valence-corrected chi connectivity index (χ2v) is 2.42.